The van der Waals surface area contributed by atoms with Gasteiger partial charge in [0, 0.05) is 11.8 Å². The van der Waals surface area contributed by atoms with Crippen LogP contribution >= 0.6 is 15.9 Å². The number of esters is 1. The van der Waals surface area contributed by atoms with Crippen molar-refractivity contribution < 1.29 is 19.0 Å². The Hall–Kier alpha value is -0.650. The van der Waals surface area contributed by atoms with Gasteiger partial charge < -0.3 is 14.2 Å². The first kappa shape index (κ1) is 28.4. The number of alkyl halides is 1. The van der Waals surface area contributed by atoms with Crippen molar-refractivity contribution in [1.82, 2.24) is 0 Å². The number of allylic oxidation sites excluding steroid dienone is 2. The zero-order chi connectivity index (χ0) is 21.4. The second-order valence-corrected chi connectivity index (χ2v) is 7.92. The van der Waals surface area contributed by atoms with Crippen molar-refractivity contribution in [3.8, 4) is 0 Å². The lowest BCUT2D eigenvalue weighted by Crippen LogP contribution is -2.20. The van der Waals surface area contributed by atoms with Crippen molar-refractivity contribution in [2.24, 2.45) is 0 Å². The molecule has 0 bridgehead atoms. The first-order valence-corrected chi connectivity index (χ1v) is 12.6. The summed E-state index contributed by atoms with van der Waals surface area (Å²) in [7, 11) is 0. The molecule has 170 valence electrons. The summed E-state index contributed by atoms with van der Waals surface area (Å²) >= 11 is 3.43. The minimum Gasteiger partial charge on any atom is -0.466 e. The molecule has 0 N–H and O–H groups in total. The maximum Gasteiger partial charge on any atom is 0.305 e. The first-order valence-electron chi connectivity index (χ1n) is 11.5. The lowest BCUT2D eigenvalue weighted by atomic mass is 10.2. The third kappa shape index (κ3) is 21.9. The van der Waals surface area contributed by atoms with Crippen LogP contribution in [0.4, 0.5) is 0 Å². The van der Waals surface area contributed by atoms with Gasteiger partial charge in [-0.3, -0.25) is 4.79 Å². The average Bonchev–Trinajstić information content (AvgIpc) is 2.73. The molecule has 29 heavy (non-hydrogen) atoms. The van der Waals surface area contributed by atoms with Crippen molar-refractivity contribution >= 4 is 21.9 Å². The highest BCUT2D eigenvalue weighted by Gasteiger charge is 2.13. The molecule has 0 saturated heterocycles. The standard InChI is InChI=1S/C24H43BrO4/c1-3-5-7-10-15-21-28-24(29-22-16-11-8-6-4-2)18-17-23(26)27-20-14-12-9-13-19-25/h7-8,10-11,24H,3-6,9,12-22H2,1-2H3/b10-7-,11-8-. The van der Waals surface area contributed by atoms with Gasteiger partial charge in [0.05, 0.1) is 26.2 Å². The monoisotopic (exact) mass is 474 g/mol. The molecule has 0 radical (unpaired) electrons. The van der Waals surface area contributed by atoms with Gasteiger partial charge in [0.2, 0.25) is 0 Å². The summed E-state index contributed by atoms with van der Waals surface area (Å²) < 4.78 is 17.0. The van der Waals surface area contributed by atoms with Gasteiger partial charge in [0.25, 0.3) is 0 Å². The van der Waals surface area contributed by atoms with Crippen molar-refractivity contribution in [2.45, 2.75) is 97.2 Å². The van der Waals surface area contributed by atoms with E-state index in [1.54, 1.807) is 0 Å². The van der Waals surface area contributed by atoms with E-state index >= 15 is 0 Å². The minimum atomic E-state index is -0.347. The van der Waals surface area contributed by atoms with Crippen molar-refractivity contribution in [1.29, 1.82) is 0 Å². The zero-order valence-corrected chi connectivity index (χ0v) is 20.3. The molecule has 0 aromatic heterocycles. The minimum absolute atomic E-state index is 0.159. The Kier molecular flexibility index (Phi) is 23.1. The van der Waals surface area contributed by atoms with Crippen LogP contribution in [0, 0.1) is 0 Å². The Morgan fingerprint density at radius 3 is 1.90 bits per heavy atom. The molecule has 0 amide bonds. The Labute approximate surface area is 187 Å². The van der Waals surface area contributed by atoms with Gasteiger partial charge in [-0.15, -0.1) is 0 Å². The Morgan fingerprint density at radius 1 is 0.793 bits per heavy atom. The largest absolute Gasteiger partial charge is 0.466 e. The van der Waals surface area contributed by atoms with Crippen molar-refractivity contribution in [3.63, 3.8) is 0 Å². The topological polar surface area (TPSA) is 44.8 Å². The molecule has 0 saturated carbocycles. The molecule has 0 spiro atoms. The Bertz CT molecular complexity index is 388. The number of rotatable bonds is 21. The highest BCUT2D eigenvalue weighted by atomic mass is 79.9. The van der Waals surface area contributed by atoms with Crippen molar-refractivity contribution in [3.05, 3.63) is 24.3 Å². The third-order valence-corrected chi connectivity index (χ3v) is 4.86. The zero-order valence-electron chi connectivity index (χ0n) is 18.7. The molecular formula is C24H43BrO4. The quantitative estimate of drug-likeness (QED) is 0.0583. The van der Waals surface area contributed by atoms with Crippen LogP contribution < -0.4 is 0 Å². The molecule has 0 atom stereocenters. The lowest BCUT2D eigenvalue weighted by molar-refractivity contribution is -0.158. The van der Waals surface area contributed by atoms with Gasteiger partial charge in [-0.05, 0) is 38.5 Å². The van der Waals surface area contributed by atoms with Gasteiger partial charge in [0.15, 0.2) is 6.29 Å². The summed E-state index contributed by atoms with van der Waals surface area (Å²) in [6, 6.07) is 0. The predicted molar refractivity (Wildman–Crippen MR) is 125 cm³/mol. The van der Waals surface area contributed by atoms with Crippen LogP contribution in [0.1, 0.15) is 90.9 Å². The third-order valence-electron chi connectivity index (χ3n) is 4.30. The van der Waals surface area contributed by atoms with E-state index in [-0.39, 0.29) is 12.3 Å². The Morgan fingerprint density at radius 2 is 1.34 bits per heavy atom. The molecule has 0 aliphatic heterocycles. The van der Waals surface area contributed by atoms with Crippen LogP contribution in [0.25, 0.3) is 0 Å². The normalized spacial score (nSPS) is 11.9. The molecule has 4 nitrogen and oxygen atoms in total. The van der Waals surface area contributed by atoms with Crippen LogP contribution in [0.2, 0.25) is 0 Å². The predicted octanol–water partition coefficient (Wildman–Crippen LogP) is 7.12. The van der Waals surface area contributed by atoms with E-state index in [2.05, 4.69) is 54.1 Å². The fourth-order valence-corrected chi connectivity index (χ4v) is 3.00. The number of carbonyl (C=O) groups is 1. The van der Waals surface area contributed by atoms with E-state index in [9.17, 15) is 4.79 Å². The number of hydrogen-bond donors (Lipinski definition) is 0. The van der Waals surface area contributed by atoms with E-state index in [0.29, 0.717) is 32.7 Å². The SMILES string of the molecule is CCC/C=C\CCOC(CCC(=O)OCCCCCCBr)OCC/C=C\CCC. The van der Waals surface area contributed by atoms with E-state index in [0.717, 1.165) is 56.7 Å². The van der Waals surface area contributed by atoms with E-state index in [1.807, 2.05) is 0 Å². The van der Waals surface area contributed by atoms with E-state index in [1.165, 1.54) is 12.8 Å². The molecule has 0 aliphatic carbocycles. The van der Waals surface area contributed by atoms with Crippen LogP contribution in [-0.2, 0) is 19.0 Å². The van der Waals surface area contributed by atoms with E-state index < -0.39 is 0 Å². The molecule has 0 aliphatic rings. The number of carbonyl (C=O) groups excluding carboxylic acids is 1. The van der Waals surface area contributed by atoms with Gasteiger partial charge >= 0.3 is 5.97 Å². The average molecular weight is 476 g/mol. The van der Waals surface area contributed by atoms with E-state index in [4.69, 9.17) is 14.2 Å². The summed E-state index contributed by atoms with van der Waals surface area (Å²) in [5.74, 6) is -0.159. The highest BCUT2D eigenvalue weighted by molar-refractivity contribution is 9.09. The van der Waals surface area contributed by atoms with Gasteiger partial charge in [-0.25, -0.2) is 0 Å². The molecule has 0 fully saturated rings. The fraction of sp³-hybridized carbons (Fsp3) is 0.792. The number of hydrogen-bond acceptors (Lipinski definition) is 4. The number of unbranched alkanes of at least 4 members (excludes halogenated alkanes) is 5. The summed E-state index contributed by atoms with van der Waals surface area (Å²) in [5, 5.41) is 1.04. The van der Waals surface area contributed by atoms with Crippen LogP contribution in [0.15, 0.2) is 24.3 Å². The van der Waals surface area contributed by atoms with Crippen LogP contribution in [0.5, 0.6) is 0 Å². The summed E-state index contributed by atoms with van der Waals surface area (Å²) in [4.78, 5) is 12.0. The van der Waals surface area contributed by atoms with Crippen LogP contribution in [0.3, 0.4) is 0 Å². The molecule has 5 heteroatoms. The second kappa shape index (κ2) is 23.6. The maximum absolute atomic E-state index is 12.0. The number of halogens is 1. The second-order valence-electron chi connectivity index (χ2n) is 7.13. The van der Waals surface area contributed by atoms with Crippen molar-refractivity contribution in [2.75, 3.05) is 25.2 Å². The van der Waals surface area contributed by atoms with Gasteiger partial charge in [-0.2, -0.15) is 0 Å². The van der Waals surface area contributed by atoms with Gasteiger partial charge in [0.1, 0.15) is 0 Å². The smallest absolute Gasteiger partial charge is 0.305 e. The fourth-order valence-electron chi connectivity index (χ4n) is 2.60. The summed E-state index contributed by atoms with van der Waals surface area (Å²) in [5.41, 5.74) is 0. The number of ether oxygens (including phenoxy) is 3. The summed E-state index contributed by atoms with van der Waals surface area (Å²) in [6.45, 7) is 6.07. The van der Waals surface area contributed by atoms with Crippen LogP contribution in [-0.4, -0.2) is 37.4 Å². The maximum atomic E-state index is 12.0. The highest BCUT2D eigenvalue weighted by Crippen LogP contribution is 2.09. The molecule has 0 aromatic rings. The molecule has 0 aromatic carbocycles. The summed E-state index contributed by atoms with van der Waals surface area (Å²) in [6.07, 6.45) is 19.9. The first-order chi connectivity index (χ1) is 14.2. The Balaban J connectivity index is 4.08. The molecular weight excluding hydrogens is 432 g/mol. The molecule has 0 heterocycles. The molecule has 0 rings (SSSR count). The lowest BCUT2D eigenvalue weighted by Gasteiger charge is -2.18. The molecule has 0 unspecified atom stereocenters. The van der Waals surface area contributed by atoms with Gasteiger partial charge in [-0.1, -0.05) is 79.8 Å².